The Morgan fingerprint density at radius 2 is 2.35 bits per heavy atom. The smallest absolute Gasteiger partial charge is 0.326 e. The van der Waals surface area contributed by atoms with Gasteiger partial charge in [-0.1, -0.05) is 6.08 Å². The molecule has 0 saturated carbocycles. The van der Waals surface area contributed by atoms with Crippen molar-refractivity contribution in [2.45, 2.75) is 25.8 Å². The molecule has 1 aromatic heterocycles. The molecule has 1 unspecified atom stereocenters. The Labute approximate surface area is 104 Å². The summed E-state index contributed by atoms with van der Waals surface area (Å²) in [6.07, 6.45) is 2.55. The molecule has 5 heteroatoms. The lowest BCUT2D eigenvalue weighted by Crippen LogP contribution is -2.40. The zero-order chi connectivity index (χ0) is 12.8. The second-order valence-electron chi connectivity index (χ2n) is 3.66. The third-order valence-corrected chi connectivity index (χ3v) is 3.35. The second-order valence-corrected chi connectivity index (χ2v) is 4.58. The van der Waals surface area contributed by atoms with Crippen LogP contribution < -0.4 is 5.32 Å². The van der Waals surface area contributed by atoms with Crippen LogP contribution in [0.5, 0.6) is 0 Å². The Balaban J connectivity index is 2.67. The van der Waals surface area contributed by atoms with Crippen LogP contribution in [0, 0.1) is 6.92 Å². The summed E-state index contributed by atoms with van der Waals surface area (Å²) in [5.41, 5.74) is 0.861. The van der Waals surface area contributed by atoms with Gasteiger partial charge in [0.05, 0.1) is 4.88 Å². The SMILES string of the molecule is C=CCCC(NC(=O)c1sccc1C)C(=O)O. The number of thiophene rings is 1. The largest absolute Gasteiger partial charge is 0.480 e. The van der Waals surface area contributed by atoms with Crippen molar-refractivity contribution in [3.8, 4) is 0 Å². The van der Waals surface area contributed by atoms with E-state index in [4.69, 9.17) is 5.11 Å². The van der Waals surface area contributed by atoms with E-state index in [2.05, 4.69) is 11.9 Å². The molecule has 17 heavy (non-hydrogen) atoms. The van der Waals surface area contributed by atoms with Crippen LogP contribution in [-0.2, 0) is 4.79 Å². The highest BCUT2D eigenvalue weighted by Crippen LogP contribution is 2.15. The van der Waals surface area contributed by atoms with Crippen LogP contribution in [0.25, 0.3) is 0 Å². The van der Waals surface area contributed by atoms with Gasteiger partial charge in [-0.05, 0) is 36.8 Å². The van der Waals surface area contributed by atoms with Gasteiger partial charge in [-0.3, -0.25) is 4.79 Å². The van der Waals surface area contributed by atoms with Gasteiger partial charge in [-0.15, -0.1) is 17.9 Å². The Kier molecular flexibility index (Phi) is 4.90. The summed E-state index contributed by atoms with van der Waals surface area (Å²) < 4.78 is 0. The van der Waals surface area contributed by atoms with Crippen molar-refractivity contribution in [3.63, 3.8) is 0 Å². The molecular weight excluding hydrogens is 238 g/mol. The number of carboxylic acid groups (broad SMARTS) is 1. The van der Waals surface area contributed by atoms with Crippen LogP contribution in [0.1, 0.15) is 28.1 Å². The summed E-state index contributed by atoms with van der Waals surface area (Å²) in [4.78, 5) is 23.3. The number of nitrogens with one attached hydrogen (secondary N) is 1. The summed E-state index contributed by atoms with van der Waals surface area (Å²) >= 11 is 1.31. The minimum absolute atomic E-state index is 0.325. The molecule has 0 bridgehead atoms. The molecule has 0 saturated heterocycles. The summed E-state index contributed by atoms with van der Waals surface area (Å²) in [5, 5.41) is 13.3. The first kappa shape index (κ1) is 13.4. The van der Waals surface area contributed by atoms with Gasteiger partial charge in [0.25, 0.3) is 5.91 Å². The van der Waals surface area contributed by atoms with E-state index in [9.17, 15) is 9.59 Å². The number of hydrogen-bond acceptors (Lipinski definition) is 3. The van der Waals surface area contributed by atoms with Crippen LogP contribution in [0.3, 0.4) is 0 Å². The van der Waals surface area contributed by atoms with Crippen molar-refractivity contribution >= 4 is 23.2 Å². The highest BCUT2D eigenvalue weighted by atomic mass is 32.1. The second kappa shape index (κ2) is 6.20. The van der Waals surface area contributed by atoms with E-state index in [0.29, 0.717) is 17.7 Å². The van der Waals surface area contributed by atoms with Crippen molar-refractivity contribution in [1.82, 2.24) is 5.32 Å². The fourth-order valence-electron chi connectivity index (χ4n) is 1.37. The molecule has 0 radical (unpaired) electrons. The van der Waals surface area contributed by atoms with Crippen LogP contribution in [0.4, 0.5) is 0 Å². The lowest BCUT2D eigenvalue weighted by Gasteiger charge is -2.13. The Hall–Kier alpha value is -1.62. The van der Waals surface area contributed by atoms with Crippen molar-refractivity contribution in [2.24, 2.45) is 0 Å². The maximum absolute atomic E-state index is 11.8. The van der Waals surface area contributed by atoms with Crippen molar-refractivity contribution in [1.29, 1.82) is 0 Å². The van der Waals surface area contributed by atoms with Crippen LogP contribution in [0.2, 0.25) is 0 Å². The molecule has 0 aliphatic heterocycles. The highest BCUT2D eigenvalue weighted by Gasteiger charge is 2.21. The number of hydrogen-bond donors (Lipinski definition) is 2. The van der Waals surface area contributed by atoms with Gasteiger partial charge in [-0.2, -0.15) is 0 Å². The Bertz CT molecular complexity index is 425. The van der Waals surface area contributed by atoms with Gasteiger partial charge in [0.2, 0.25) is 0 Å². The summed E-state index contributed by atoms with van der Waals surface area (Å²) in [7, 11) is 0. The van der Waals surface area contributed by atoms with E-state index in [1.54, 1.807) is 6.08 Å². The number of amides is 1. The highest BCUT2D eigenvalue weighted by molar-refractivity contribution is 7.12. The normalized spacial score (nSPS) is 11.8. The molecule has 0 aromatic carbocycles. The van der Waals surface area contributed by atoms with Gasteiger partial charge < -0.3 is 10.4 Å². The van der Waals surface area contributed by atoms with E-state index in [0.717, 1.165) is 5.56 Å². The van der Waals surface area contributed by atoms with Crippen LogP contribution >= 0.6 is 11.3 Å². The summed E-state index contributed by atoms with van der Waals surface area (Å²) in [5.74, 6) is -1.34. The molecule has 1 rings (SSSR count). The lowest BCUT2D eigenvalue weighted by molar-refractivity contribution is -0.139. The topological polar surface area (TPSA) is 66.4 Å². The molecule has 1 amide bonds. The van der Waals surface area contributed by atoms with E-state index in [-0.39, 0.29) is 5.91 Å². The predicted molar refractivity (Wildman–Crippen MR) is 67.4 cm³/mol. The first-order chi connectivity index (χ1) is 8.06. The number of allylic oxidation sites excluding steroid dienone is 1. The minimum Gasteiger partial charge on any atom is -0.480 e. The fourth-order valence-corrected chi connectivity index (χ4v) is 2.20. The number of carbonyl (C=O) groups excluding carboxylic acids is 1. The minimum atomic E-state index is -1.02. The van der Waals surface area contributed by atoms with E-state index < -0.39 is 12.0 Å². The Morgan fingerprint density at radius 3 is 2.82 bits per heavy atom. The van der Waals surface area contributed by atoms with Crippen LogP contribution in [-0.4, -0.2) is 23.0 Å². The first-order valence-electron chi connectivity index (χ1n) is 5.25. The first-order valence-corrected chi connectivity index (χ1v) is 6.13. The number of carboxylic acids is 1. The molecule has 92 valence electrons. The average molecular weight is 253 g/mol. The third kappa shape index (κ3) is 3.71. The molecule has 0 fully saturated rings. The number of aryl methyl sites for hydroxylation is 1. The molecule has 4 nitrogen and oxygen atoms in total. The van der Waals surface area contributed by atoms with Gasteiger partial charge in [-0.25, -0.2) is 4.79 Å². The molecule has 1 aromatic rings. The number of aliphatic carboxylic acids is 1. The van der Waals surface area contributed by atoms with E-state index in [1.807, 2.05) is 18.4 Å². The quantitative estimate of drug-likeness (QED) is 0.764. The molecule has 0 spiro atoms. The van der Waals surface area contributed by atoms with Gasteiger partial charge in [0.15, 0.2) is 0 Å². The maximum Gasteiger partial charge on any atom is 0.326 e. The van der Waals surface area contributed by atoms with Crippen LogP contribution in [0.15, 0.2) is 24.1 Å². The third-order valence-electron chi connectivity index (χ3n) is 2.33. The monoisotopic (exact) mass is 253 g/mol. The molecule has 1 heterocycles. The molecular formula is C12H15NO3S. The van der Waals surface area contributed by atoms with Crippen molar-refractivity contribution in [3.05, 3.63) is 34.5 Å². The summed E-state index contributed by atoms with van der Waals surface area (Å²) in [6, 6.07) is 0.973. The van der Waals surface area contributed by atoms with Gasteiger partial charge in [0, 0.05) is 0 Å². The van der Waals surface area contributed by atoms with Crippen molar-refractivity contribution in [2.75, 3.05) is 0 Å². The average Bonchev–Trinajstić information content (AvgIpc) is 2.70. The summed E-state index contributed by atoms with van der Waals surface area (Å²) in [6.45, 7) is 5.36. The molecule has 1 atom stereocenters. The fraction of sp³-hybridized carbons (Fsp3) is 0.333. The van der Waals surface area contributed by atoms with Gasteiger partial charge >= 0.3 is 5.97 Å². The van der Waals surface area contributed by atoms with E-state index >= 15 is 0 Å². The maximum atomic E-state index is 11.8. The molecule has 2 N–H and O–H groups in total. The zero-order valence-corrected chi connectivity index (χ0v) is 10.4. The Morgan fingerprint density at radius 1 is 1.65 bits per heavy atom. The van der Waals surface area contributed by atoms with Gasteiger partial charge in [0.1, 0.15) is 6.04 Å². The lowest BCUT2D eigenvalue weighted by atomic mass is 10.1. The molecule has 0 aliphatic carbocycles. The van der Waals surface area contributed by atoms with E-state index in [1.165, 1.54) is 11.3 Å². The number of carbonyl (C=O) groups is 2. The van der Waals surface area contributed by atoms with Crippen molar-refractivity contribution < 1.29 is 14.7 Å². The zero-order valence-electron chi connectivity index (χ0n) is 9.60. The number of rotatable bonds is 6. The predicted octanol–water partition coefficient (Wildman–Crippen LogP) is 2.21. The molecule has 0 aliphatic rings. The standard InChI is InChI=1S/C12H15NO3S/c1-3-4-5-9(12(15)16)13-11(14)10-8(2)6-7-17-10/h3,6-7,9H,1,4-5H2,2H3,(H,13,14)(H,15,16).